The molecule has 4 rings (SSSR count). The molecule has 0 atom stereocenters. The van der Waals surface area contributed by atoms with Crippen LogP contribution in [0.15, 0.2) is 45.3 Å². The molecule has 0 aliphatic carbocycles. The fraction of sp³-hybridized carbons (Fsp3) is 0.188. The number of aromatic nitrogens is 1. The van der Waals surface area contributed by atoms with Crippen LogP contribution in [0.4, 0.5) is 0 Å². The van der Waals surface area contributed by atoms with Crippen molar-refractivity contribution in [1.82, 2.24) is 10.3 Å². The number of oxazole rings is 1. The van der Waals surface area contributed by atoms with Gasteiger partial charge in [0, 0.05) is 12.1 Å². The molecule has 100 valence electrons. The molecular formula is C16H13BrN2O. The SMILES string of the molecule is Brc1cccc2nc(-c3ccc4c(c3)CNCC4)oc12. The van der Waals surface area contributed by atoms with Crippen molar-refractivity contribution < 1.29 is 4.42 Å². The van der Waals surface area contributed by atoms with Crippen LogP contribution < -0.4 is 5.32 Å². The number of para-hydroxylation sites is 1. The van der Waals surface area contributed by atoms with Gasteiger partial charge in [-0.25, -0.2) is 4.98 Å². The fourth-order valence-electron chi connectivity index (χ4n) is 2.65. The lowest BCUT2D eigenvalue weighted by Crippen LogP contribution is -2.23. The Morgan fingerprint density at radius 1 is 1.15 bits per heavy atom. The Morgan fingerprint density at radius 2 is 2.10 bits per heavy atom. The minimum Gasteiger partial charge on any atom is -0.435 e. The third-order valence-electron chi connectivity index (χ3n) is 3.71. The number of hydrogen-bond donors (Lipinski definition) is 1. The van der Waals surface area contributed by atoms with Gasteiger partial charge in [0.1, 0.15) is 5.52 Å². The molecule has 0 fully saturated rings. The average molecular weight is 329 g/mol. The van der Waals surface area contributed by atoms with Crippen LogP contribution in [0, 0.1) is 0 Å². The molecule has 2 aromatic carbocycles. The Labute approximate surface area is 125 Å². The van der Waals surface area contributed by atoms with Crippen molar-refractivity contribution in [3.05, 3.63) is 52.0 Å². The molecule has 0 spiro atoms. The minimum atomic E-state index is 0.681. The number of fused-ring (bicyclic) bond motifs is 2. The molecule has 1 aliphatic heterocycles. The summed E-state index contributed by atoms with van der Waals surface area (Å²) in [5.74, 6) is 0.681. The lowest BCUT2D eigenvalue weighted by molar-refractivity contribution is 0.616. The van der Waals surface area contributed by atoms with Crippen LogP contribution in [0.1, 0.15) is 11.1 Å². The molecule has 1 aliphatic rings. The predicted octanol–water partition coefficient (Wildman–Crippen LogP) is 3.90. The zero-order chi connectivity index (χ0) is 13.5. The number of rotatable bonds is 1. The number of nitrogens with one attached hydrogen (secondary N) is 1. The standard InChI is InChI=1S/C16H13BrN2O/c17-13-2-1-3-14-15(13)20-16(19-14)11-5-4-10-6-7-18-9-12(10)8-11/h1-5,8,18H,6-7,9H2. The summed E-state index contributed by atoms with van der Waals surface area (Å²) in [6.07, 6.45) is 1.09. The van der Waals surface area contributed by atoms with Gasteiger partial charge in [0.05, 0.1) is 4.47 Å². The molecule has 3 nitrogen and oxygen atoms in total. The zero-order valence-electron chi connectivity index (χ0n) is 10.8. The molecule has 0 radical (unpaired) electrons. The van der Waals surface area contributed by atoms with Crippen molar-refractivity contribution in [2.24, 2.45) is 0 Å². The molecule has 20 heavy (non-hydrogen) atoms. The predicted molar refractivity (Wildman–Crippen MR) is 82.6 cm³/mol. The summed E-state index contributed by atoms with van der Waals surface area (Å²) in [4.78, 5) is 4.58. The van der Waals surface area contributed by atoms with E-state index in [1.54, 1.807) is 0 Å². The summed E-state index contributed by atoms with van der Waals surface area (Å²) in [5.41, 5.74) is 5.49. The van der Waals surface area contributed by atoms with Crippen molar-refractivity contribution >= 4 is 27.0 Å². The van der Waals surface area contributed by atoms with E-state index in [4.69, 9.17) is 4.42 Å². The van der Waals surface area contributed by atoms with E-state index in [9.17, 15) is 0 Å². The highest BCUT2D eigenvalue weighted by Crippen LogP contribution is 2.30. The first-order valence-corrected chi connectivity index (χ1v) is 7.48. The Balaban J connectivity index is 1.84. The Kier molecular flexibility index (Phi) is 2.86. The fourth-order valence-corrected chi connectivity index (χ4v) is 3.09. The van der Waals surface area contributed by atoms with Gasteiger partial charge in [0.25, 0.3) is 0 Å². The van der Waals surface area contributed by atoms with Crippen molar-refractivity contribution in [3.8, 4) is 11.5 Å². The molecule has 1 aromatic heterocycles. The van der Waals surface area contributed by atoms with E-state index in [0.29, 0.717) is 5.89 Å². The number of hydrogen-bond acceptors (Lipinski definition) is 3. The third-order valence-corrected chi connectivity index (χ3v) is 4.33. The first-order chi connectivity index (χ1) is 9.81. The Bertz CT molecular complexity index is 794. The molecule has 1 N–H and O–H groups in total. The molecule has 0 unspecified atom stereocenters. The number of benzene rings is 2. The highest BCUT2D eigenvalue weighted by atomic mass is 79.9. The topological polar surface area (TPSA) is 38.1 Å². The van der Waals surface area contributed by atoms with Crippen LogP contribution in [0.3, 0.4) is 0 Å². The smallest absolute Gasteiger partial charge is 0.227 e. The highest BCUT2D eigenvalue weighted by molar-refractivity contribution is 9.10. The van der Waals surface area contributed by atoms with Gasteiger partial charge in [-0.05, 0) is 64.3 Å². The quantitative estimate of drug-likeness (QED) is 0.736. The second-order valence-corrected chi connectivity index (χ2v) is 5.87. The monoisotopic (exact) mass is 328 g/mol. The minimum absolute atomic E-state index is 0.681. The van der Waals surface area contributed by atoms with Gasteiger partial charge in [-0.15, -0.1) is 0 Å². The molecule has 0 saturated carbocycles. The Morgan fingerprint density at radius 3 is 3.00 bits per heavy atom. The van der Waals surface area contributed by atoms with Gasteiger partial charge < -0.3 is 9.73 Å². The lowest BCUT2D eigenvalue weighted by Gasteiger charge is -2.17. The molecule has 2 heterocycles. The molecule has 4 heteroatoms. The molecule has 3 aromatic rings. The average Bonchev–Trinajstić information content (AvgIpc) is 2.92. The normalized spacial score (nSPS) is 14.4. The maximum Gasteiger partial charge on any atom is 0.227 e. The van der Waals surface area contributed by atoms with E-state index in [1.165, 1.54) is 11.1 Å². The van der Waals surface area contributed by atoms with Crippen LogP contribution in [0.5, 0.6) is 0 Å². The van der Waals surface area contributed by atoms with Crippen molar-refractivity contribution in [3.63, 3.8) is 0 Å². The van der Waals surface area contributed by atoms with E-state index in [1.807, 2.05) is 18.2 Å². The van der Waals surface area contributed by atoms with Crippen LogP contribution in [0.25, 0.3) is 22.6 Å². The van der Waals surface area contributed by atoms with Crippen LogP contribution in [-0.4, -0.2) is 11.5 Å². The summed E-state index contributed by atoms with van der Waals surface area (Å²) < 4.78 is 6.84. The molecule has 0 bridgehead atoms. The third kappa shape index (κ3) is 1.96. The number of nitrogens with zero attached hydrogens (tertiary/aromatic N) is 1. The van der Waals surface area contributed by atoms with E-state index in [-0.39, 0.29) is 0 Å². The van der Waals surface area contributed by atoms with Gasteiger partial charge in [-0.1, -0.05) is 12.1 Å². The van der Waals surface area contributed by atoms with Crippen LogP contribution >= 0.6 is 15.9 Å². The maximum atomic E-state index is 5.90. The van der Waals surface area contributed by atoms with E-state index < -0.39 is 0 Å². The zero-order valence-corrected chi connectivity index (χ0v) is 12.4. The van der Waals surface area contributed by atoms with Gasteiger partial charge in [-0.3, -0.25) is 0 Å². The second-order valence-electron chi connectivity index (χ2n) is 5.02. The first-order valence-electron chi connectivity index (χ1n) is 6.69. The van der Waals surface area contributed by atoms with E-state index in [2.05, 4.69) is 44.4 Å². The molecule has 0 amide bonds. The molecular weight excluding hydrogens is 316 g/mol. The lowest BCUT2D eigenvalue weighted by atomic mass is 9.98. The van der Waals surface area contributed by atoms with E-state index in [0.717, 1.165) is 40.6 Å². The van der Waals surface area contributed by atoms with Gasteiger partial charge in [-0.2, -0.15) is 0 Å². The van der Waals surface area contributed by atoms with Crippen molar-refractivity contribution in [2.75, 3.05) is 6.54 Å². The first kappa shape index (κ1) is 12.1. The van der Waals surface area contributed by atoms with E-state index >= 15 is 0 Å². The largest absolute Gasteiger partial charge is 0.435 e. The van der Waals surface area contributed by atoms with Gasteiger partial charge in [0.2, 0.25) is 5.89 Å². The second kappa shape index (κ2) is 4.72. The summed E-state index contributed by atoms with van der Waals surface area (Å²) in [6, 6.07) is 12.4. The summed E-state index contributed by atoms with van der Waals surface area (Å²) in [6.45, 7) is 1.98. The summed E-state index contributed by atoms with van der Waals surface area (Å²) >= 11 is 3.50. The summed E-state index contributed by atoms with van der Waals surface area (Å²) in [7, 11) is 0. The summed E-state index contributed by atoms with van der Waals surface area (Å²) in [5, 5.41) is 3.40. The van der Waals surface area contributed by atoms with Gasteiger partial charge >= 0.3 is 0 Å². The van der Waals surface area contributed by atoms with Crippen molar-refractivity contribution in [2.45, 2.75) is 13.0 Å². The maximum absolute atomic E-state index is 5.90. The molecule has 0 saturated heterocycles. The number of halogens is 1. The van der Waals surface area contributed by atoms with Crippen LogP contribution in [-0.2, 0) is 13.0 Å². The highest BCUT2D eigenvalue weighted by Gasteiger charge is 2.14. The van der Waals surface area contributed by atoms with Crippen LogP contribution in [0.2, 0.25) is 0 Å². The van der Waals surface area contributed by atoms with Gasteiger partial charge in [0.15, 0.2) is 5.58 Å². The van der Waals surface area contributed by atoms with Crippen molar-refractivity contribution in [1.29, 1.82) is 0 Å². The Hall–Kier alpha value is -1.65.